The Hall–Kier alpha value is -3.32. The first-order valence-electron chi connectivity index (χ1n) is 9.70. The third-order valence-electron chi connectivity index (χ3n) is 5.14. The minimum Gasteiger partial charge on any atom is -0.361 e. The van der Waals surface area contributed by atoms with Crippen molar-refractivity contribution in [3.8, 4) is 0 Å². The monoisotopic (exact) mass is 424 g/mol. The first-order valence-corrected chi connectivity index (χ1v) is 10.1. The van der Waals surface area contributed by atoms with Crippen molar-refractivity contribution < 1.29 is 14.4 Å². The van der Waals surface area contributed by atoms with Crippen molar-refractivity contribution >= 4 is 45.9 Å². The number of aromatic amines is 1. The maximum atomic E-state index is 12.4. The second-order valence-corrected chi connectivity index (χ2v) is 7.65. The summed E-state index contributed by atoms with van der Waals surface area (Å²) in [4.78, 5) is 41.7. The molecule has 7 nitrogen and oxygen atoms in total. The molecule has 1 fully saturated rings. The number of carbonyl (C=O) groups excluding carboxylic acids is 3. The number of nitrogens with one attached hydrogen (secondary N) is 3. The van der Waals surface area contributed by atoms with Crippen molar-refractivity contribution in [2.75, 3.05) is 24.5 Å². The quantitative estimate of drug-likeness (QED) is 0.531. The van der Waals surface area contributed by atoms with Gasteiger partial charge in [0.05, 0.1) is 5.92 Å². The van der Waals surface area contributed by atoms with E-state index in [0.29, 0.717) is 35.9 Å². The van der Waals surface area contributed by atoms with Gasteiger partial charge in [0, 0.05) is 59.4 Å². The molecule has 2 aromatic carbocycles. The summed E-state index contributed by atoms with van der Waals surface area (Å²) in [5.74, 6) is -0.930. The zero-order valence-corrected chi connectivity index (χ0v) is 16.9. The first kappa shape index (κ1) is 20.0. The van der Waals surface area contributed by atoms with Gasteiger partial charge < -0.3 is 20.5 Å². The van der Waals surface area contributed by atoms with Crippen LogP contribution < -0.4 is 15.5 Å². The summed E-state index contributed by atoms with van der Waals surface area (Å²) in [6, 6.07) is 14.3. The molecule has 1 aliphatic rings. The number of anilines is 1. The van der Waals surface area contributed by atoms with Crippen LogP contribution in [0.5, 0.6) is 0 Å². The second-order valence-electron chi connectivity index (χ2n) is 7.21. The summed E-state index contributed by atoms with van der Waals surface area (Å²) in [5, 5.41) is 7.10. The van der Waals surface area contributed by atoms with Crippen LogP contribution in [0.2, 0.25) is 5.02 Å². The Labute approximate surface area is 178 Å². The Bertz CT molecular complexity index is 1110. The van der Waals surface area contributed by atoms with Crippen LogP contribution in [-0.2, 0) is 9.59 Å². The largest absolute Gasteiger partial charge is 0.361 e. The van der Waals surface area contributed by atoms with E-state index in [4.69, 9.17) is 11.6 Å². The zero-order valence-electron chi connectivity index (χ0n) is 16.2. The number of halogens is 1. The molecule has 3 aromatic rings. The van der Waals surface area contributed by atoms with Gasteiger partial charge in [0.2, 0.25) is 11.8 Å². The summed E-state index contributed by atoms with van der Waals surface area (Å²) in [6.45, 7) is 0.904. The highest BCUT2D eigenvalue weighted by molar-refractivity contribution is 6.31. The lowest BCUT2D eigenvalue weighted by Gasteiger charge is -2.17. The maximum absolute atomic E-state index is 12.4. The smallest absolute Gasteiger partial charge is 0.251 e. The fraction of sp³-hybridized carbons (Fsp3) is 0.227. The lowest BCUT2D eigenvalue weighted by molar-refractivity contribution is -0.126. The van der Waals surface area contributed by atoms with E-state index >= 15 is 0 Å². The molecule has 0 saturated carbocycles. The molecule has 0 radical (unpaired) electrons. The number of amides is 3. The fourth-order valence-electron chi connectivity index (χ4n) is 3.58. The van der Waals surface area contributed by atoms with Crippen molar-refractivity contribution in [1.29, 1.82) is 0 Å². The van der Waals surface area contributed by atoms with E-state index in [9.17, 15) is 14.4 Å². The van der Waals surface area contributed by atoms with Crippen LogP contribution in [0.1, 0.15) is 16.8 Å². The van der Waals surface area contributed by atoms with Crippen molar-refractivity contribution in [2.24, 2.45) is 5.92 Å². The molecule has 154 valence electrons. The fourth-order valence-corrected chi connectivity index (χ4v) is 3.76. The van der Waals surface area contributed by atoms with Crippen LogP contribution >= 0.6 is 11.6 Å². The van der Waals surface area contributed by atoms with E-state index in [1.807, 2.05) is 24.4 Å². The summed E-state index contributed by atoms with van der Waals surface area (Å²) in [7, 11) is 0. The highest BCUT2D eigenvalue weighted by Gasteiger charge is 2.35. The molecule has 1 saturated heterocycles. The van der Waals surface area contributed by atoms with Gasteiger partial charge in [-0.1, -0.05) is 17.7 Å². The van der Waals surface area contributed by atoms with Gasteiger partial charge in [-0.15, -0.1) is 0 Å². The van der Waals surface area contributed by atoms with Crippen molar-refractivity contribution in [3.05, 3.63) is 65.3 Å². The van der Waals surface area contributed by atoms with Crippen molar-refractivity contribution in [1.82, 2.24) is 15.6 Å². The molecule has 1 atom stereocenters. The van der Waals surface area contributed by atoms with E-state index in [0.717, 1.165) is 10.9 Å². The van der Waals surface area contributed by atoms with Gasteiger partial charge in [-0.2, -0.15) is 0 Å². The topological polar surface area (TPSA) is 94.3 Å². The van der Waals surface area contributed by atoms with E-state index in [-0.39, 0.29) is 24.1 Å². The molecule has 0 aliphatic carbocycles. The molecule has 1 unspecified atom stereocenters. The number of aromatic nitrogens is 1. The molecule has 2 heterocycles. The lowest BCUT2D eigenvalue weighted by atomic mass is 10.1. The average molecular weight is 425 g/mol. The minimum absolute atomic E-state index is 0.106. The molecule has 3 N–H and O–H groups in total. The zero-order chi connectivity index (χ0) is 21.1. The Balaban J connectivity index is 1.25. The number of nitrogens with zero attached hydrogens (tertiary/aromatic N) is 1. The first-order chi connectivity index (χ1) is 14.5. The Morgan fingerprint density at radius 2 is 1.93 bits per heavy atom. The van der Waals surface area contributed by atoms with Crippen LogP contribution in [0, 0.1) is 5.92 Å². The van der Waals surface area contributed by atoms with Gasteiger partial charge in [0.15, 0.2) is 0 Å². The molecule has 0 spiro atoms. The molecule has 30 heavy (non-hydrogen) atoms. The standard InChI is InChI=1S/C22H21ClN4O3/c23-17-2-1-3-18(12-17)27-13-16(11-20(27)28)22(30)26-9-8-25-21(29)15-4-5-19-14(10-15)6-7-24-19/h1-7,10,12,16,24H,8-9,11,13H2,(H,25,29)(H,26,30). The third kappa shape index (κ3) is 4.31. The van der Waals surface area contributed by atoms with Crippen LogP contribution in [0.3, 0.4) is 0 Å². The number of hydrogen-bond acceptors (Lipinski definition) is 3. The average Bonchev–Trinajstić information content (AvgIpc) is 3.36. The summed E-state index contributed by atoms with van der Waals surface area (Å²) in [5.41, 5.74) is 2.22. The van der Waals surface area contributed by atoms with Gasteiger partial charge >= 0.3 is 0 Å². The van der Waals surface area contributed by atoms with E-state index in [1.54, 1.807) is 35.2 Å². The van der Waals surface area contributed by atoms with Gasteiger partial charge in [-0.05, 0) is 42.5 Å². The van der Waals surface area contributed by atoms with Crippen LogP contribution in [-0.4, -0.2) is 42.3 Å². The van der Waals surface area contributed by atoms with Gasteiger partial charge in [0.25, 0.3) is 5.91 Å². The number of carbonyl (C=O) groups is 3. The highest BCUT2D eigenvalue weighted by Crippen LogP contribution is 2.27. The van der Waals surface area contributed by atoms with Gasteiger partial charge in [-0.25, -0.2) is 0 Å². The predicted molar refractivity (Wildman–Crippen MR) is 116 cm³/mol. The molecular weight excluding hydrogens is 404 g/mol. The number of rotatable bonds is 6. The summed E-state index contributed by atoms with van der Waals surface area (Å²) >= 11 is 5.99. The number of hydrogen-bond donors (Lipinski definition) is 3. The molecule has 8 heteroatoms. The minimum atomic E-state index is -0.428. The summed E-state index contributed by atoms with van der Waals surface area (Å²) in [6.07, 6.45) is 1.98. The Morgan fingerprint density at radius 3 is 2.77 bits per heavy atom. The van der Waals surface area contributed by atoms with Crippen LogP contribution in [0.25, 0.3) is 10.9 Å². The number of H-pyrrole nitrogens is 1. The molecular formula is C22H21ClN4O3. The van der Waals surface area contributed by atoms with Gasteiger partial charge in [0.1, 0.15) is 0 Å². The Kier molecular flexibility index (Phi) is 5.72. The van der Waals surface area contributed by atoms with Crippen LogP contribution in [0.15, 0.2) is 54.7 Å². The number of fused-ring (bicyclic) bond motifs is 1. The molecule has 1 aliphatic heterocycles. The predicted octanol–water partition coefficient (Wildman–Crippen LogP) is 2.72. The second kappa shape index (κ2) is 8.59. The third-order valence-corrected chi connectivity index (χ3v) is 5.38. The molecule has 3 amide bonds. The number of benzene rings is 2. The summed E-state index contributed by atoms with van der Waals surface area (Å²) < 4.78 is 0. The van der Waals surface area contributed by atoms with Crippen LogP contribution in [0.4, 0.5) is 5.69 Å². The molecule has 1 aromatic heterocycles. The van der Waals surface area contributed by atoms with Crippen molar-refractivity contribution in [3.63, 3.8) is 0 Å². The highest BCUT2D eigenvalue weighted by atomic mass is 35.5. The van der Waals surface area contributed by atoms with Gasteiger partial charge in [-0.3, -0.25) is 14.4 Å². The van der Waals surface area contributed by atoms with E-state index in [2.05, 4.69) is 15.6 Å². The van der Waals surface area contributed by atoms with E-state index < -0.39 is 5.92 Å². The molecule has 4 rings (SSSR count). The normalized spacial score (nSPS) is 16.1. The lowest BCUT2D eigenvalue weighted by Crippen LogP contribution is -2.38. The van der Waals surface area contributed by atoms with Crippen molar-refractivity contribution in [2.45, 2.75) is 6.42 Å². The maximum Gasteiger partial charge on any atom is 0.251 e. The van der Waals surface area contributed by atoms with E-state index in [1.165, 1.54) is 0 Å². The Morgan fingerprint density at radius 1 is 1.10 bits per heavy atom. The molecule has 0 bridgehead atoms. The SMILES string of the molecule is O=C(NCCNC(=O)C1CC(=O)N(c2cccc(Cl)c2)C1)c1ccc2[nH]ccc2c1.